The molecule has 1 unspecified atom stereocenters. The molecule has 0 spiro atoms. The summed E-state index contributed by atoms with van der Waals surface area (Å²) in [7, 11) is 0. The van der Waals surface area contributed by atoms with E-state index in [4.69, 9.17) is 0 Å². The number of hydrogen-bond donors (Lipinski definition) is 1. The van der Waals surface area contributed by atoms with E-state index in [0.29, 0.717) is 6.04 Å². The molecule has 1 aliphatic heterocycles. The molecule has 2 rings (SSSR count). The quantitative estimate of drug-likeness (QED) is 0.585. The van der Waals surface area contributed by atoms with E-state index < -0.39 is 0 Å². The number of hydrogen-bond acceptors (Lipinski definition) is 3. The summed E-state index contributed by atoms with van der Waals surface area (Å²) in [5, 5.41) is 10.8. The fraction of sp³-hybridized carbons (Fsp3) is 0.667. The predicted molar refractivity (Wildman–Crippen MR) is 36.5 cm³/mol. The van der Waals surface area contributed by atoms with Crippen molar-refractivity contribution >= 4 is 0 Å². The maximum atomic E-state index is 3.75. The van der Waals surface area contributed by atoms with E-state index in [1.54, 1.807) is 12.7 Å². The monoisotopic (exact) mass is 138 g/mol. The molecule has 0 amide bonds. The van der Waals surface area contributed by atoms with E-state index in [9.17, 15) is 0 Å². The van der Waals surface area contributed by atoms with Gasteiger partial charge in [-0.1, -0.05) is 0 Å². The second-order valence-electron chi connectivity index (χ2n) is 2.56. The van der Waals surface area contributed by atoms with Crippen LogP contribution in [0.4, 0.5) is 0 Å². The third kappa shape index (κ3) is 0.903. The van der Waals surface area contributed by atoms with Gasteiger partial charge in [-0.15, -0.1) is 10.2 Å². The van der Waals surface area contributed by atoms with Crippen molar-refractivity contribution < 1.29 is 0 Å². The van der Waals surface area contributed by atoms with Crippen LogP contribution in [0.1, 0.15) is 12.5 Å². The molecular weight excluding hydrogens is 128 g/mol. The lowest BCUT2D eigenvalue weighted by molar-refractivity contribution is 0.545. The molecule has 1 aromatic rings. The molecule has 54 valence electrons. The van der Waals surface area contributed by atoms with Crippen LogP contribution in [0.3, 0.4) is 0 Å². The van der Waals surface area contributed by atoms with Gasteiger partial charge in [-0.3, -0.25) is 0 Å². The second-order valence-corrected chi connectivity index (χ2v) is 2.56. The Balaban J connectivity index is 2.12. The fourth-order valence-corrected chi connectivity index (χ4v) is 1.29. The Morgan fingerprint density at radius 1 is 1.40 bits per heavy atom. The summed E-state index contributed by atoms with van der Waals surface area (Å²) >= 11 is 0. The highest BCUT2D eigenvalue weighted by molar-refractivity contribution is 4.79. The molecule has 4 heteroatoms. The summed E-state index contributed by atoms with van der Waals surface area (Å²) in [6, 6.07) is 0.579. The molecule has 10 heavy (non-hydrogen) atoms. The zero-order valence-electron chi connectivity index (χ0n) is 5.70. The highest BCUT2D eigenvalue weighted by Gasteiger charge is 2.14. The van der Waals surface area contributed by atoms with E-state index in [1.807, 2.05) is 0 Å². The Morgan fingerprint density at radius 3 is 2.80 bits per heavy atom. The number of aromatic nitrogens is 3. The van der Waals surface area contributed by atoms with Gasteiger partial charge in [0.15, 0.2) is 0 Å². The van der Waals surface area contributed by atoms with Gasteiger partial charge in [-0.2, -0.15) is 0 Å². The molecule has 0 radical (unpaired) electrons. The van der Waals surface area contributed by atoms with Crippen molar-refractivity contribution in [2.75, 3.05) is 13.1 Å². The average Bonchev–Trinajstić information content (AvgIpc) is 2.59. The minimum Gasteiger partial charge on any atom is -0.316 e. The van der Waals surface area contributed by atoms with Crippen molar-refractivity contribution in [3.63, 3.8) is 0 Å². The van der Waals surface area contributed by atoms with Gasteiger partial charge in [-0.25, -0.2) is 0 Å². The topological polar surface area (TPSA) is 42.7 Å². The van der Waals surface area contributed by atoms with Crippen molar-refractivity contribution in [2.45, 2.75) is 12.5 Å². The summed E-state index contributed by atoms with van der Waals surface area (Å²) in [4.78, 5) is 0. The van der Waals surface area contributed by atoms with Crippen LogP contribution in [-0.2, 0) is 0 Å². The Hall–Kier alpha value is -0.900. The standard InChI is InChI=1S/C6H10N4/c1-2-7-3-6(1)10-4-8-9-5-10/h4-7H,1-3H2. The molecule has 1 aromatic heterocycles. The van der Waals surface area contributed by atoms with Crippen LogP contribution in [0.2, 0.25) is 0 Å². The highest BCUT2D eigenvalue weighted by atomic mass is 15.3. The number of rotatable bonds is 1. The smallest absolute Gasteiger partial charge is 0.119 e. The summed E-state index contributed by atoms with van der Waals surface area (Å²) < 4.78 is 2.06. The number of nitrogens with zero attached hydrogens (tertiary/aromatic N) is 3. The summed E-state index contributed by atoms with van der Waals surface area (Å²) in [6.07, 6.45) is 4.74. The van der Waals surface area contributed by atoms with Gasteiger partial charge in [0.2, 0.25) is 0 Å². The first-order chi connectivity index (χ1) is 4.97. The molecule has 1 aliphatic rings. The minimum absolute atomic E-state index is 0.579. The van der Waals surface area contributed by atoms with Crippen LogP contribution < -0.4 is 5.32 Å². The molecule has 0 aliphatic carbocycles. The predicted octanol–water partition coefficient (Wildman–Crippen LogP) is -0.188. The van der Waals surface area contributed by atoms with Crippen molar-refractivity contribution in [2.24, 2.45) is 0 Å². The van der Waals surface area contributed by atoms with Crippen LogP contribution in [0.25, 0.3) is 0 Å². The summed E-state index contributed by atoms with van der Waals surface area (Å²) in [5.74, 6) is 0. The van der Waals surface area contributed by atoms with Gasteiger partial charge < -0.3 is 9.88 Å². The normalized spacial score (nSPS) is 25.4. The summed E-state index contributed by atoms with van der Waals surface area (Å²) in [6.45, 7) is 2.17. The van der Waals surface area contributed by atoms with E-state index in [-0.39, 0.29) is 0 Å². The first-order valence-electron chi connectivity index (χ1n) is 3.51. The third-order valence-electron chi connectivity index (χ3n) is 1.89. The van der Waals surface area contributed by atoms with Gasteiger partial charge in [-0.05, 0) is 13.0 Å². The van der Waals surface area contributed by atoms with Crippen molar-refractivity contribution in [1.29, 1.82) is 0 Å². The van der Waals surface area contributed by atoms with Crippen LogP contribution in [0.5, 0.6) is 0 Å². The zero-order chi connectivity index (χ0) is 6.81. The largest absolute Gasteiger partial charge is 0.316 e. The lowest BCUT2D eigenvalue weighted by Crippen LogP contribution is -2.11. The van der Waals surface area contributed by atoms with Crippen LogP contribution in [0, 0.1) is 0 Å². The van der Waals surface area contributed by atoms with Crippen LogP contribution in [0.15, 0.2) is 12.7 Å². The Labute approximate surface area is 59.3 Å². The molecule has 1 N–H and O–H groups in total. The Bertz CT molecular complexity index is 188. The van der Waals surface area contributed by atoms with Gasteiger partial charge in [0.25, 0.3) is 0 Å². The lowest BCUT2D eigenvalue weighted by atomic mass is 10.3. The molecule has 2 heterocycles. The third-order valence-corrected chi connectivity index (χ3v) is 1.89. The molecule has 0 saturated carbocycles. The molecule has 1 atom stereocenters. The van der Waals surface area contributed by atoms with Gasteiger partial charge in [0.1, 0.15) is 12.7 Å². The number of nitrogens with one attached hydrogen (secondary N) is 1. The van der Waals surface area contributed by atoms with Crippen LogP contribution in [-0.4, -0.2) is 27.9 Å². The molecule has 1 saturated heterocycles. The first kappa shape index (κ1) is 5.85. The minimum atomic E-state index is 0.579. The van der Waals surface area contributed by atoms with E-state index in [2.05, 4.69) is 20.1 Å². The summed E-state index contributed by atoms with van der Waals surface area (Å²) in [5.41, 5.74) is 0. The molecular formula is C6H10N4. The molecule has 4 nitrogen and oxygen atoms in total. The molecule has 0 aromatic carbocycles. The maximum absolute atomic E-state index is 3.75. The van der Waals surface area contributed by atoms with Crippen molar-refractivity contribution in [3.8, 4) is 0 Å². The molecule has 1 fully saturated rings. The highest BCUT2D eigenvalue weighted by Crippen LogP contribution is 2.12. The van der Waals surface area contributed by atoms with Gasteiger partial charge in [0, 0.05) is 12.6 Å². The van der Waals surface area contributed by atoms with E-state index >= 15 is 0 Å². The lowest BCUT2D eigenvalue weighted by Gasteiger charge is -2.06. The van der Waals surface area contributed by atoms with E-state index in [0.717, 1.165) is 13.1 Å². The van der Waals surface area contributed by atoms with E-state index in [1.165, 1.54) is 6.42 Å². The second kappa shape index (κ2) is 2.38. The SMILES string of the molecule is c1nncn1C1CCNC1. The average molecular weight is 138 g/mol. The van der Waals surface area contributed by atoms with Gasteiger partial charge >= 0.3 is 0 Å². The Kier molecular flexibility index (Phi) is 1.39. The first-order valence-corrected chi connectivity index (χ1v) is 3.51. The van der Waals surface area contributed by atoms with Crippen molar-refractivity contribution in [1.82, 2.24) is 20.1 Å². The van der Waals surface area contributed by atoms with Crippen molar-refractivity contribution in [3.05, 3.63) is 12.7 Å². The Morgan fingerprint density at radius 2 is 2.20 bits per heavy atom. The fourth-order valence-electron chi connectivity index (χ4n) is 1.29. The van der Waals surface area contributed by atoms with Crippen LogP contribution >= 0.6 is 0 Å². The van der Waals surface area contributed by atoms with Gasteiger partial charge in [0.05, 0.1) is 0 Å². The molecule has 0 bridgehead atoms. The zero-order valence-corrected chi connectivity index (χ0v) is 5.70. The maximum Gasteiger partial charge on any atom is 0.119 e.